The first-order valence-corrected chi connectivity index (χ1v) is 10.3. The molecule has 0 aliphatic heterocycles. The van der Waals surface area contributed by atoms with Crippen molar-refractivity contribution >= 4 is 17.3 Å². The monoisotopic (exact) mass is 390 g/mol. The molecule has 2 N–H and O–H groups in total. The van der Waals surface area contributed by atoms with Crippen molar-refractivity contribution < 1.29 is 10.2 Å². The summed E-state index contributed by atoms with van der Waals surface area (Å²) in [7, 11) is 0. The molecule has 1 unspecified atom stereocenters. The molecule has 1 atom stereocenters. The van der Waals surface area contributed by atoms with E-state index in [1.807, 2.05) is 30.3 Å². The van der Waals surface area contributed by atoms with Crippen molar-refractivity contribution in [3.63, 3.8) is 0 Å². The number of nitrogens with zero attached hydrogens (tertiary/aromatic N) is 2. The Kier molecular flexibility index (Phi) is 9.12. The van der Waals surface area contributed by atoms with E-state index >= 15 is 0 Å². The minimum absolute atomic E-state index is 0.0211. The van der Waals surface area contributed by atoms with Gasteiger partial charge < -0.3 is 10.2 Å². The molecule has 0 aliphatic carbocycles. The molecule has 27 heavy (non-hydrogen) atoms. The summed E-state index contributed by atoms with van der Waals surface area (Å²) in [5.74, 6) is -0.0422. The Morgan fingerprint density at radius 2 is 1.63 bits per heavy atom. The molecule has 0 saturated heterocycles. The van der Waals surface area contributed by atoms with Crippen LogP contribution >= 0.6 is 11.6 Å². The predicted octanol–water partition coefficient (Wildman–Crippen LogP) is 6.08. The van der Waals surface area contributed by atoms with Crippen molar-refractivity contribution in [1.29, 1.82) is 0 Å². The van der Waals surface area contributed by atoms with Crippen molar-refractivity contribution in [1.82, 2.24) is 4.68 Å². The zero-order valence-electron chi connectivity index (χ0n) is 16.1. The molecule has 1 aromatic carbocycles. The van der Waals surface area contributed by atoms with Crippen molar-refractivity contribution in [2.24, 2.45) is 0 Å². The quantitative estimate of drug-likeness (QED) is 0.262. The Bertz CT molecular complexity index is 665. The van der Waals surface area contributed by atoms with Gasteiger partial charge in [-0.2, -0.15) is 4.68 Å². The number of benzene rings is 1. The molecule has 0 amide bonds. The fourth-order valence-electron chi connectivity index (χ4n) is 3.04. The summed E-state index contributed by atoms with van der Waals surface area (Å²) in [5.41, 5.74) is 0.858. The summed E-state index contributed by atoms with van der Waals surface area (Å²) >= 11 is 6.58. The van der Waals surface area contributed by atoms with Crippen molar-refractivity contribution in [3.05, 3.63) is 54.6 Å². The van der Waals surface area contributed by atoms with Gasteiger partial charge in [0.2, 0.25) is 11.8 Å². The molecule has 1 heterocycles. The van der Waals surface area contributed by atoms with E-state index < -0.39 is 0 Å². The molecular formula is C22H31ClN2O2. The zero-order valence-corrected chi connectivity index (χ0v) is 16.9. The Labute approximate surface area is 167 Å². The number of unbranched alkanes of at least 4 members (excludes halogenated alkanes) is 4. The number of aromatic hydroxyl groups is 2. The largest absolute Gasteiger partial charge is 0.493 e. The van der Waals surface area contributed by atoms with E-state index in [-0.39, 0.29) is 17.1 Å². The topological polar surface area (TPSA) is 48.6 Å². The maximum Gasteiger partial charge on any atom is 0.213 e. The van der Waals surface area contributed by atoms with E-state index in [0.29, 0.717) is 6.54 Å². The lowest BCUT2D eigenvalue weighted by atomic mass is 10.1. The molecule has 0 fully saturated rings. The lowest BCUT2D eigenvalue weighted by Crippen LogP contribution is -2.34. The van der Waals surface area contributed by atoms with Crippen LogP contribution in [0.5, 0.6) is 11.8 Å². The van der Waals surface area contributed by atoms with Crippen LogP contribution in [0, 0.1) is 0 Å². The van der Waals surface area contributed by atoms with E-state index in [1.165, 1.54) is 42.5 Å². The molecule has 5 heteroatoms. The second-order valence-corrected chi connectivity index (χ2v) is 7.39. The lowest BCUT2D eigenvalue weighted by molar-refractivity contribution is 0.369. The number of para-hydroxylation sites is 1. The Morgan fingerprint density at radius 1 is 0.963 bits per heavy atom. The summed E-state index contributed by atoms with van der Waals surface area (Å²) in [5, 5.41) is 21.9. The highest BCUT2D eigenvalue weighted by Crippen LogP contribution is 2.27. The fraction of sp³-hybridized carbons (Fsp3) is 0.455. The van der Waals surface area contributed by atoms with Crippen LogP contribution in [0.4, 0.5) is 5.69 Å². The normalized spacial score (nSPS) is 12.5. The van der Waals surface area contributed by atoms with Crippen LogP contribution in [0.15, 0.2) is 54.6 Å². The summed E-state index contributed by atoms with van der Waals surface area (Å²) in [6.45, 7) is 2.70. The molecule has 148 valence electrons. The summed E-state index contributed by atoms with van der Waals surface area (Å²) in [4.78, 5) is 0. The fourth-order valence-corrected chi connectivity index (χ4v) is 3.29. The first-order valence-electron chi connectivity index (χ1n) is 9.85. The number of hydrogen-bond donors (Lipinski definition) is 2. The Hall–Kier alpha value is -2.07. The van der Waals surface area contributed by atoms with Crippen LogP contribution in [0.1, 0.15) is 51.9 Å². The minimum atomic E-state index is -0.115. The lowest BCUT2D eigenvalue weighted by Gasteiger charge is -2.28. The molecule has 1 aromatic heterocycles. The number of aromatic nitrogens is 1. The highest BCUT2D eigenvalue weighted by Gasteiger charge is 2.19. The van der Waals surface area contributed by atoms with Crippen LogP contribution in [-0.2, 0) is 0 Å². The van der Waals surface area contributed by atoms with E-state index in [0.717, 1.165) is 24.9 Å². The third-order valence-corrected chi connectivity index (χ3v) is 4.88. The summed E-state index contributed by atoms with van der Waals surface area (Å²) < 4.78 is 1.38. The second kappa shape index (κ2) is 11.6. The van der Waals surface area contributed by atoms with E-state index in [2.05, 4.69) is 19.1 Å². The van der Waals surface area contributed by atoms with Gasteiger partial charge in [-0.1, -0.05) is 56.5 Å². The molecular weight excluding hydrogens is 360 g/mol. The van der Waals surface area contributed by atoms with Crippen LogP contribution in [0.3, 0.4) is 0 Å². The number of anilines is 1. The van der Waals surface area contributed by atoms with Gasteiger partial charge in [0.05, 0.1) is 17.6 Å². The predicted molar refractivity (Wildman–Crippen MR) is 114 cm³/mol. The number of halogens is 1. The van der Waals surface area contributed by atoms with E-state index in [9.17, 15) is 10.2 Å². The molecule has 0 aliphatic rings. The van der Waals surface area contributed by atoms with Gasteiger partial charge in [0, 0.05) is 12.1 Å². The third-order valence-electron chi connectivity index (χ3n) is 4.52. The number of alkyl halides is 1. The van der Waals surface area contributed by atoms with Crippen LogP contribution in [0.2, 0.25) is 0 Å². The maximum atomic E-state index is 10.1. The standard InChI is InChI=1S/C22H31ClN2O2/c1-2-3-4-5-6-7-8-10-13-19(23)18-24(20-14-11-9-12-15-20)25-21(26)16-17-22(25)27/h7-9,11-12,14-17,19,26-27H,2-6,10,13,18H2,1H3. The van der Waals surface area contributed by atoms with Crippen molar-refractivity contribution in [2.45, 2.75) is 57.2 Å². The molecule has 0 spiro atoms. The van der Waals surface area contributed by atoms with Gasteiger partial charge in [-0.25, -0.2) is 0 Å². The molecule has 0 radical (unpaired) electrons. The third kappa shape index (κ3) is 6.87. The summed E-state index contributed by atoms with van der Waals surface area (Å²) in [6.07, 6.45) is 12.5. The highest BCUT2D eigenvalue weighted by molar-refractivity contribution is 6.20. The average molecular weight is 391 g/mol. The average Bonchev–Trinajstić information content (AvgIpc) is 3.01. The van der Waals surface area contributed by atoms with Gasteiger partial charge >= 0.3 is 0 Å². The van der Waals surface area contributed by atoms with Gasteiger partial charge in [-0.05, 0) is 37.8 Å². The van der Waals surface area contributed by atoms with Crippen LogP contribution < -0.4 is 5.01 Å². The number of allylic oxidation sites excluding steroid dienone is 2. The first-order chi connectivity index (χ1) is 13.1. The highest BCUT2D eigenvalue weighted by atomic mass is 35.5. The Morgan fingerprint density at radius 3 is 2.30 bits per heavy atom. The second-order valence-electron chi connectivity index (χ2n) is 6.77. The van der Waals surface area contributed by atoms with E-state index in [1.54, 1.807) is 5.01 Å². The molecule has 2 rings (SSSR count). The first kappa shape index (κ1) is 21.2. The Balaban J connectivity index is 1.91. The minimum Gasteiger partial charge on any atom is -0.493 e. The van der Waals surface area contributed by atoms with Gasteiger partial charge in [0.1, 0.15) is 0 Å². The molecule has 0 bridgehead atoms. The summed E-state index contributed by atoms with van der Waals surface area (Å²) in [6, 6.07) is 12.6. The van der Waals surface area contributed by atoms with Crippen LogP contribution in [-0.4, -0.2) is 26.8 Å². The molecule has 4 nitrogen and oxygen atoms in total. The molecule has 0 saturated carbocycles. The smallest absolute Gasteiger partial charge is 0.213 e. The van der Waals surface area contributed by atoms with Gasteiger partial charge in [-0.15, -0.1) is 11.6 Å². The van der Waals surface area contributed by atoms with Gasteiger partial charge in [0.15, 0.2) is 0 Å². The van der Waals surface area contributed by atoms with Crippen LogP contribution in [0.25, 0.3) is 0 Å². The SMILES string of the molecule is CCCCCCC=CCCC(Cl)CN(c1ccccc1)n1c(O)ccc1O. The maximum absolute atomic E-state index is 10.1. The van der Waals surface area contributed by atoms with Crippen molar-refractivity contribution in [3.8, 4) is 11.8 Å². The van der Waals surface area contributed by atoms with Crippen molar-refractivity contribution in [2.75, 3.05) is 11.6 Å². The zero-order chi connectivity index (χ0) is 19.5. The van der Waals surface area contributed by atoms with E-state index in [4.69, 9.17) is 11.6 Å². The number of hydrogen-bond acceptors (Lipinski definition) is 3. The molecule has 2 aromatic rings. The van der Waals surface area contributed by atoms with Gasteiger partial charge in [-0.3, -0.25) is 5.01 Å². The van der Waals surface area contributed by atoms with Gasteiger partial charge in [0.25, 0.3) is 0 Å². The number of rotatable bonds is 12.